The fraction of sp³-hybridized carbons (Fsp3) is 0.542. The maximum Gasteiger partial charge on any atom is 0.329 e. The maximum atomic E-state index is 15.0. The number of carbonyl (C=O) groups excluding carboxylic acids is 3. The van der Waals surface area contributed by atoms with E-state index in [2.05, 4.69) is 21.3 Å². The number of carboxylic acid groups (broad SMARTS) is 1. The van der Waals surface area contributed by atoms with Crippen molar-refractivity contribution < 1.29 is 42.2 Å². The number of urea groups is 1. The molecule has 360 valence electrons. The van der Waals surface area contributed by atoms with Crippen LogP contribution in [0, 0.1) is 11.3 Å². The van der Waals surface area contributed by atoms with Crippen LogP contribution in [0.4, 0.5) is 9.93 Å². The molecule has 67 heavy (non-hydrogen) atoms. The molecule has 1 aliphatic carbocycles. The number of methoxy groups -OCH3 is 1. The number of ether oxygens (including phenoxy) is 2. The second kappa shape index (κ2) is 19.2. The number of aliphatic carboxylic acids is 1. The van der Waals surface area contributed by atoms with Crippen molar-refractivity contribution in [2.45, 2.75) is 140 Å². The number of fused-ring (bicyclic) bond motifs is 4. The smallest absolute Gasteiger partial charge is 0.329 e. The van der Waals surface area contributed by atoms with E-state index in [1.165, 1.54) is 20.5 Å². The molecular formula is C48H62N8O9S2. The molecular weight excluding hydrogens is 897 g/mol. The van der Waals surface area contributed by atoms with Crippen molar-refractivity contribution in [3.05, 3.63) is 59.5 Å². The first-order valence-corrected chi connectivity index (χ1v) is 25.6. The van der Waals surface area contributed by atoms with Crippen LogP contribution in [0.5, 0.6) is 11.5 Å². The van der Waals surface area contributed by atoms with E-state index in [9.17, 15) is 27.9 Å². The molecule has 2 saturated heterocycles. The zero-order valence-corrected chi connectivity index (χ0v) is 40.6. The van der Waals surface area contributed by atoms with Crippen LogP contribution in [-0.2, 0) is 31.0 Å². The van der Waals surface area contributed by atoms with Crippen molar-refractivity contribution in [1.82, 2.24) is 35.1 Å². The Kier molecular flexibility index (Phi) is 13.8. The van der Waals surface area contributed by atoms with Gasteiger partial charge < -0.3 is 40.7 Å². The highest BCUT2D eigenvalue weighted by Crippen LogP contribution is 2.48. The van der Waals surface area contributed by atoms with Crippen LogP contribution in [0.15, 0.2) is 58.8 Å². The summed E-state index contributed by atoms with van der Waals surface area (Å²) in [6.07, 6.45) is 4.48. The quantitative estimate of drug-likeness (QED) is 0.108. The normalized spacial score (nSPS) is 24.9. The Balaban J connectivity index is 1.08. The Hall–Kier alpha value is -5.53. The number of amides is 4. The Morgan fingerprint density at radius 1 is 1.01 bits per heavy atom. The highest BCUT2D eigenvalue weighted by molar-refractivity contribution is 7.89. The van der Waals surface area contributed by atoms with Gasteiger partial charge in [0.15, 0.2) is 5.13 Å². The van der Waals surface area contributed by atoms with E-state index in [-0.39, 0.29) is 49.3 Å². The Morgan fingerprint density at radius 2 is 1.76 bits per heavy atom. The first-order chi connectivity index (χ1) is 31.9. The van der Waals surface area contributed by atoms with Gasteiger partial charge >= 0.3 is 12.0 Å². The summed E-state index contributed by atoms with van der Waals surface area (Å²) in [6, 6.07) is 10.8. The molecule has 19 heteroatoms. The standard InChI is InChI=1S/C48H62N8O9S2/c1-28(2)49-46-52-37(27-66-46)36-22-39(33-19-18-31(64-6)20-35(33)50-36)65-32-21-38-42(57)54-48(44(59)60)23-30(48)15-10-8-7-9-11-16-34(43(58)56(38)25-32)51-45(61)53-41(47(3,4)5)26-55-24-29-14-12-13-17-40(29)67(55,62)63/h12-14,17-20,22,27-28,30,32,34,38,41H,7-11,15-16,21,23-26H2,1-6H3,(H,49,52)(H,54,57)(H,59,60)(H2,51,53,61)/t30?,32-,34+,38+,41-,48-/m1/s1. The number of anilines is 1. The lowest BCUT2D eigenvalue weighted by Crippen LogP contribution is -2.59. The van der Waals surface area contributed by atoms with Crippen LogP contribution < -0.4 is 30.7 Å². The molecule has 0 bridgehead atoms. The number of hydrogen-bond donors (Lipinski definition) is 5. The second-order valence-corrected chi connectivity index (χ2v) is 22.5. The van der Waals surface area contributed by atoms with E-state index in [0.717, 1.165) is 30.8 Å². The lowest BCUT2D eigenvalue weighted by atomic mass is 9.86. The number of thiazole rings is 1. The summed E-state index contributed by atoms with van der Waals surface area (Å²) < 4.78 is 40.8. The lowest BCUT2D eigenvalue weighted by Gasteiger charge is -2.35. The molecule has 5 heterocycles. The summed E-state index contributed by atoms with van der Waals surface area (Å²) in [5, 5.41) is 25.9. The van der Waals surface area contributed by atoms with Crippen LogP contribution in [0.2, 0.25) is 0 Å². The maximum absolute atomic E-state index is 15.0. The molecule has 6 atom stereocenters. The van der Waals surface area contributed by atoms with Gasteiger partial charge in [-0.05, 0) is 68.2 Å². The van der Waals surface area contributed by atoms with Crippen LogP contribution in [0.1, 0.15) is 98.0 Å². The summed E-state index contributed by atoms with van der Waals surface area (Å²) in [5.74, 6) is -1.39. The molecule has 2 aromatic carbocycles. The molecule has 17 nitrogen and oxygen atoms in total. The molecule has 4 aliphatic rings. The molecule has 4 amide bonds. The largest absolute Gasteiger partial charge is 0.497 e. The number of nitrogens with one attached hydrogen (secondary N) is 4. The number of carboxylic acids is 1. The summed E-state index contributed by atoms with van der Waals surface area (Å²) in [7, 11) is -2.22. The highest BCUT2D eigenvalue weighted by Gasteiger charge is 2.62. The van der Waals surface area contributed by atoms with Gasteiger partial charge in [0.25, 0.3) is 0 Å². The minimum atomic E-state index is -3.79. The van der Waals surface area contributed by atoms with Crippen molar-refractivity contribution >= 4 is 61.2 Å². The molecule has 8 rings (SSSR count). The van der Waals surface area contributed by atoms with Crippen molar-refractivity contribution in [3.8, 4) is 22.9 Å². The van der Waals surface area contributed by atoms with Crippen LogP contribution in [0.25, 0.3) is 22.3 Å². The number of hydrogen-bond acceptors (Lipinski definition) is 12. The van der Waals surface area contributed by atoms with Gasteiger partial charge in [-0.2, -0.15) is 4.31 Å². The average molecular weight is 959 g/mol. The Bertz CT molecular complexity index is 2630. The fourth-order valence-corrected chi connectivity index (χ4v) is 12.0. The Labute approximate surface area is 395 Å². The van der Waals surface area contributed by atoms with E-state index in [1.54, 1.807) is 49.6 Å². The summed E-state index contributed by atoms with van der Waals surface area (Å²) in [6.45, 7) is 9.93. The molecule has 4 aromatic rings. The molecule has 3 fully saturated rings. The van der Waals surface area contributed by atoms with E-state index >= 15 is 4.79 Å². The van der Waals surface area contributed by atoms with E-state index in [4.69, 9.17) is 19.4 Å². The summed E-state index contributed by atoms with van der Waals surface area (Å²) in [4.78, 5) is 67.8. The summed E-state index contributed by atoms with van der Waals surface area (Å²) >= 11 is 1.45. The van der Waals surface area contributed by atoms with Gasteiger partial charge in [-0.1, -0.05) is 71.1 Å². The third-order valence-electron chi connectivity index (χ3n) is 13.5. The number of sulfonamides is 1. The first-order valence-electron chi connectivity index (χ1n) is 23.2. The first kappa shape index (κ1) is 47.9. The van der Waals surface area contributed by atoms with Gasteiger partial charge in [0.05, 0.1) is 29.8 Å². The lowest BCUT2D eigenvalue weighted by molar-refractivity contribution is -0.145. The molecule has 2 aromatic heterocycles. The van der Waals surface area contributed by atoms with Crippen LogP contribution in [-0.4, -0.2) is 113 Å². The number of pyridine rings is 1. The number of carbonyl (C=O) groups is 4. The van der Waals surface area contributed by atoms with Gasteiger partial charge in [0.1, 0.15) is 40.9 Å². The highest BCUT2D eigenvalue weighted by atomic mass is 32.2. The SMILES string of the molecule is COc1ccc2c(O[C@@H]3C[C@H]4C(=O)N[C@]5(C(=O)O)CC5CCCCCCC[C@H](NC(=O)N[C@H](CN5Cc6ccccc6S5(=O)=O)C(C)(C)C)C(=O)N4C3)cc(-c3csc(NC(C)C)n3)nc2c1. The zero-order valence-electron chi connectivity index (χ0n) is 39.0. The third-order valence-corrected chi connectivity index (χ3v) is 16.1. The van der Waals surface area contributed by atoms with Crippen molar-refractivity contribution in [2.24, 2.45) is 11.3 Å². The van der Waals surface area contributed by atoms with Gasteiger partial charge in [-0.25, -0.2) is 28.0 Å². The van der Waals surface area contributed by atoms with Crippen LogP contribution in [0.3, 0.4) is 0 Å². The minimum Gasteiger partial charge on any atom is -0.497 e. The van der Waals surface area contributed by atoms with Crippen molar-refractivity contribution in [3.63, 3.8) is 0 Å². The van der Waals surface area contributed by atoms with E-state index in [1.807, 2.05) is 46.1 Å². The van der Waals surface area contributed by atoms with E-state index in [0.29, 0.717) is 58.6 Å². The van der Waals surface area contributed by atoms with Gasteiger partial charge in [-0.15, -0.1) is 11.3 Å². The number of benzene rings is 2. The van der Waals surface area contributed by atoms with Gasteiger partial charge in [0.2, 0.25) is 21.8 Å². The minimum absolute atomic E-state index is 0.00289. The molecule has 3 aliphatic heterocycles. The van der Waals surface area contributed by atoms with Crippen molar-refractivity contribution in [1.29, 1.82) is 0 Å². The monoisotopic (exact) mass is 958 g/mol. The number of aromatic nitrogens is 2. The molecule has 1 saturated carbocycles. The van der Waals surface area contributed by atoms with Crippen molar-refractivity contribution in [2.75, 3.05) is 25.5 Å². The topological polar surface area (TPSA) is 221 Å². The Morgan fingerprint density at radius 3 is 2.48 bits per heavy atom. The predicted octanol–water partition coefficient (Wildman–Crippen LogP) is 6.53. The molecule has 1 unspecified atom stereocenters. The third kappa shape index (κ3) is 10.3. The summed E-state index contributed by atoms with van der Waals surface area (Å²) in [5.41, 5.74) is 0.418. The van der Waals surface area contributed by atoms with E-state index < -0.39 is 69.0 Å². The molecule has 0 radical (unpaired) electrons. The fourth-order valence-electron chi connectivity index (χ4n) is 9.53. The average Bonchev–Trinajstić information content (AvgIpc) is 3.51. The predicted molar refractivity (Wildman–Crippen MR) is 254 cm³/mol. The van der Waals surface area contributed by atoms with Gasteiger partial charge in [-0.3, -0.25) is 9.59 Å². The number of nitrogens with zero attached hydrogens (tertiary/aromatic N) is 4. The van der Waals surface area contributed by atoms with Crippen LogP contribution >= 0.6 is 11.3 Å². The van der Waals surface area contributed by atoms with Gasteiger partial charge in [0, 0.05) is 54.5 Å². The molecule has 5 N–H and O–H groups in total. The molecule has 0 spiro atoms. The zero-order chi connectivity index (χ0) is 47.8. The number of rotatable bonds is 11. The second-order valence-electron chi connectivity index (χ2n) is 19.7.